The van der Waals surface area contributed by atoms with Crippen molar-refractivity contribution in [1.29, 1.82) is 0 Å². The van der Waals surface area contributed by atoms with Gasteiger partial charge in [-0.2, -0.15) is 0 Å². The first-order valence-electron chi connectivity index (χ1n) is 19.5. The lowest BCUT2D eigenvalue weighted by Gasteiger charge is -2.47. The lowest BCUT2D eigenvalue weighted by Crippen LogP contribution is -2.56. The maximum absolute atomic E-state index is 12.4. The number of carbonyl (C=O) groups is 2. The van der Waals surface area contributed by atoms with E-state index >= 15 is 0 Å². The van der Waals surface area contributed by atoms with Crippen LogP contribution >= 0.6 is 11.8 Å². The Bertz CT molecular complexity index is 921. The van der Waals surface area contributed by atoms with E-state index in [1.54, 1.807) is 13.8 Å². The van der Waals surface area contributed by atoms with Crippen molar-refractivity contribution in [2.45, 2.75) is 184 Å². The molecule has 0 N–H and O–H groups in total. The Labute approximate surface area is 325 Å². The van der Waals surface area contributed by atoms with Gasteiger partial charge < -0.3 is 18.9 Å². The third kappa shape index (κ3) is 21.8. The molecule has 2 atom stereocenters. The molecule has 0 aromatic rings. The summed E-state index contributed by atoms with van der Waals surface area (Å²) < 4.78 is 22.8. The third-order valence-corrected chi connectivity index (χ3v) is 9.69. The lowest BCUT2D eigenvalue weighted by atomic mass is 9.95. The number of esters is 1. The smallest absolute Gasteiger partial charge is 0.368 e. The number of hydrogen-bond donors (Lipinski definition) is 0. The second kappa shape index (κ2) is 21.4. The summed E-state index contributed by atoms with van der Waals surface area (Å²) in [4.78, 5) is 34.8. The predicted molar refractivity (Wildman–Crippen MR) is 221 cm³/mol. The first-order chi connectivity index (χ1) is 23.3. The Morgan fingerprint density at radius 3 is 1.12 bits per heavy atom. The van der Waals surface area contributed by atoms with Gasteiger partial charge in [-0.3, -0.25) is 24.4 Å². The molecule has 0 radical (unpaired) electrons. The van der Waals surface area contributed by atoms with Gasteiger partial charge in [-0.25, -0.2) is 4.79 Å². The highest BCUT2D eigenvalue weighted by Crippen LogP contribution is 2.26. The molecule has 0 saturated carbocycles. The summed E-state index contributed by atoms with van der Waals surface area (Å²) in [5.41, 5.74) is 0.245. The second-order valence-electron chi connectivity index (χ2n) is 20.2. The first-order valence-corrected chi connectivity index (χ1v) is 20.5. The Morgan fingerprint density at radius 2 is 0.808 bits per heavy atom. The summed E-state index contributed by atoms with van der Waals surface area (Å²) in [5, 5.41) is -0.517. The van der Waals surface area contributed by atoms with E-state index in [0.29, 0.717) is 19.8 Å². The van der Waals surface area contributed by atoms with Gasteiger partial charge in [0.2, 0.25) is 0 Å². The zero-order chi connectivity index (χ0) is 40.9. The average Bonchev–Trinajstić information content (AvgIpc) is 2.90. The Hall–Kier alpha value is -0.950. The molecule has 0 bridgehead atoms. The van der Waals surface area contributed by atoms with Crippen molar-refractivity contribution >= 4 is 23.0 Å². The quantitative estimate of drug-likeness (QED) is 0.0890. The van der Waals surface area contributed by atoms with Crippen molar-refractivity contribution in [2.24, 2.45) is 0 Å². The van der Waals surface area contributed by atoms with E-state index in [0.717, 1.165) is 51.0 Å². The van der Waals surface area contributed by atoms with Crippen LogP contribution in [0.15, 0.2) is 0 Å². The van der Waals surface area contributed by atoms with Crippen LogP contribution in [0.4, 0.5) is 4.79 Å². The zero-order valence-electron chi connectivity index (χ0n) is 37.6. The molecule has 310 valence electrons. The molecule has 0 amide bonds. The van der Waals surface area contributed by atoms with Gasteiger partial charge in [0.25, 0.3) is 0 Å². The lowest BCUT2D eigenvalue weighted by molar-refractivity contribution is -0.147. The molecule has 52 heavy (non-hydrogen) atoms. The van der Waals surface area contributed by atoms with Crippen molar-refractivity contribution < 1.29 is 28.5 Å². The molecular formula is C41H84N4O6S. The van der Waals surface area contributed by atoms with Gasteiger partial charge in [0, 0.05) is 72.5 Å². The number of rotatable bonds is 20. The Morgan fingerprint density at radius 1 is 0.481 bits per heavy atom. The fourth-order valence-electron chi connectivity index (χ4n) is 6.85. The van der Waals surface area contributed by atoms with Crippen molar-refractivity contribution in [3.05, 3.63) is 0 Å². The Kier molecular flexibility index (Phi) is 21.0. The minimum absolute atomic E-state index is 0.00739. The minimum Gasteiger partial charge on any atom is -0.460 e. The van der Waals surface area contributed by atoms with Crippen LogP contribution in [0.5, 0.6) is 0 Å². The van der Waals surface area contributed by atoms with E-state index in [4.69, 9.17) is 18.9 Å². The molecular weight excluding hydrogens is 677 g/mol. The zero-order valence-corrected chi connectivity index (χ0v) is 38.4. The van der Waals surface area contributed by atoms with Crippen molar-refractivity contribution in [1.82, 2.24) is 19.6 Å². The fraction of sp³-hybridized carbons (Fsp3) is 0.951. The van der Waals surface area contributed by atoms with Crippen molar-refractivity contribution in [3.8, 4) is 0 Å². The SMILES string of the molecule is CC(COCCN(CCN(C(C)(C)C)C(C)(C)C)C(C)(C)C)OC(=O)CSC(=O)OC(C)COCCN(CCN(C(C)(C)C)C(C)(C)C)C(C)(C)C. The summed E-state index contributed by atoms with van der Waals surface area (Å²) >= 11 is 0.806. The number of nitrogens with zero attached hydrogens (tertiary/aromatic N) is 4. The van der Waals surface area contributed by atoms with E-state index in [1.165, 1.54) is 0 Å². The molecule has 0 heterocycles. The van der Waals surface area contributed by atoms with E-state index < -0.39 is 23.5 Å². The second-order valence-corrected chi connectivity index (χ2v) is 21.1. The summed E-state index contributed by atoms with van der Waals surface area (Å²) in [5.74, 6) is -0.589. The largest absolute Gasteiger partial charge is 0.460 e. The van der Waals surface area contributed by atoms with Gasteiger partial charge in [0.1, 0.15) is 18.0 Å². The fourth-order valence-corrected chi connectivity index (χ4v) is 7.39. The number of ether oxygens (including phenoxy) is 4. The molecule has 2 unspecified atom stereocenters. The number of carbonyl (C=O) groups excluding carboxylic acids is 2. The van der Waals surface area contributed by atoms with Gasteiger partial charge >= 0.3 is 11.3 Å². The summed E-state index contributed by atoms with van der Waals surface area (Å²) in [6.45, 7) is 51.1. The average molecular weight is 761 g/mol. The van der Waals surface area contributed by atoms with Gasteiger partial charge in [-0.15, -0.1) is 0 Å². The van der Waals surface area contributed by atoms with Crippen molar-refractivity contribution in [3.63, 3.8) is 0 Å². The van der Waals surface area contributed by atoms with Crippen LogP contribution in [0.3, 0.4) is 0 Å². The standard InChI is InChI=1S/C41H84N4O6S/c1-32(29-48-27-25-42(36(3,4)5)21-23-44(38(9,10)11)39(12,13)14)50-34(46)31-52-35(47)51-33(2)30-49-28-26-43(37(6,7)8)22-24-45(40(15,16)17)41(18,19)20/h32-33H,21-31H2,1-20H3. The van der Waals surface area contributed by atoms with Crippen LogP contribution < -0.4 is 0 Å². The van der Waals surface area contributed by atoms with E-state index in [1.807, 2.05) is 0 Å². The maximum atomic E-state index is 12.4. The predicted octanol–water partition coefficient (Wildman–Crippen LogP) is 8.21. The van der Waals surface area contributed by atoms with Crippen LogP contribution in [-0.2, 0) is 23.7 Å². The summed E-state index contributed by atoms with van der Waals surface area (Å²) in [6.07, 6.45) is -0.851. The van der Waals surface area contributed by atoms with Crippen LogP contribution in [0.1, 0.15) is 138 Å². The van der Waals surface area contributed by atoms with Crippen molar-refractivity contribution in [2.75, 3.05) is 71.4 Å². The summed E-state index contributed by atoms with van der Waals surface area (Å²) in [6, 6.07) is 0. The van der Waals surface area contributed by atoms with Gasteiger partial charge in [-0.05, 0) is 150 Å². The molecule has 0 fully saturated rings. The molecule has 0 rings (SSSR count). The molecule has 0 spiro atoms. The molecule has 11 heteroatoms. The molecule has 10 nitrogen and oxygen atoms in total. The van der Waals surface area contributed by atoms with Gasteiger partial charge in [-0.1, -0.05) is 0 Å². The number of thioether (sulfide) groups is 1. The Balaban J connectivity index is 4.59. The maximum Gasteiger partial charge on any atom is 0.368 e. The molecule has 0 saturated heterocycles. The van der Waals surface area contributed by atoms with E-state index in [2.05, 4.69) is 144 Å². The van der Waals surface area contributed by atoms with E-state index in [9.17, 15) is 9.59 Å². The third-order valence-electron chi connectivity index (χ3n) is 8.98. The molecule has 0 aromatic heterocycles. The normalized spacial score (nSPS) is 15.2. The van der Waals surface area contributed by atoms with Crippen LogP contribution in [0, 0.1) is 0 Å². The molecule has 0 aliphatic heterocycles. The van der Waals surface area contributed by atoms with Crippen LogP contribution in [0.25, 0.3) is 0 Å². The van der Waals surface area contributed by atoms with Gasteiger partial charge in [0.05, 0.1) is 26.4 Å². The highest BCUT2D eigenvalue weighted by atomic mass is 32.2. The molecule has 0 aliphatic carbocycles. The minimum atomic E-state index is -0.517. The molecule has 0 aliphatic rings. The van der Waals surface area contributed by atoms with Crippen LogP contribution in [0.2, 0.25) is 0 Å². The number of hydrogen-bond acceptors (Lipinski definition) is 11. The van der Waals surface area contributed by atoms with Gasteiger partial charge in [0.15, 0.2) is 0 Å². The highest BCUT2D eigenvalue weighted by Gasteiger charge is 2.34. The topological polar surface area (TPSA) is 84.0 Å². The highest BCUT2D eigenvalue weighted by molar-refractivity contribution is 8.13. The molecule has 0 aromatic carbocycles. The monoisotopic (exact) mass is 761 g/mol. The van der Waals surface area contributed by atoms with E-state index in [-0.39, 0.29) is 45.6 Å². The first kappa shape index (κ1) is 51.0. The summed E-state index contributed by atoms with van der Waals surface area (Å²) in [7, 11) is 0. The van der Waals surface area contributed by atoms with Crippen LogP contribution in [-0.4, -0.2) is 148 Å².